The van der Waals surface area contributed by atoms with E-state index in [4.69, 9.17) is 0 Å². The van der Waals surface area contributed by atoms with Gasteiger partial charge in [-0.2, -0.15) is 0 Å². The lowest BCUT2D eigenvalue weighted by Gasteiger charge is -2.08. The van der Waals surface area contributed by atoms with E-state index in [-0.39, 0.29) is 0 Å². The molecule has 0 saturated heterocycles. The summed E-state index contributed by atoms with van der Waals surface area (Å²) in [6.45, 7) is 6.63. The Morgan fingerprint density at radius 1 is 0.875 bits per heavy atom. The number of benzene rings is 2. The Kier molecular flexibility index (Phi) is 3.28. The van der Waals surface area contributed by atoms with Crippen LogP contribution < -0.4 is 0 Å². The lowest BCUT2D eigenvalue weighted by Crippen LogP contribution is -1.88. The van der Waals surface area contributed by atoms with Crippen molar-refractivity contribution in [2.75, 3.05) is 0 Å². The molecule has 0 saturated carbocycles. The van der Waals surface area contributed by atoms with E-state index in [1.54, 1.807) is 0 Å². The Hall–Kier alpha value is -1.30. The maximum absolute atomic E-state index is 2.37. The fraction of sp³-hybridized carbons (Fsp3) is 0.375. The smallest absolute Gasteiger partial charge is 0.0149 e. The van der Waals surface area contributed by atoms with Gasteiger partial charge in [0, 0.05) is 0 Å². The predicted octanol–water partition coefficient (Wildman–Crippen LogP) is 4.80. The Balaban J connectivity index is 2.48. The van der Waals surface area contributed by atoms with Crippen LogP contribution in [0.1, 0.15) is 36.5 Å². The second-order valence-corrected chi connectivity index (χ2v) is 4.68. The Labute approximate surface area is 98.3 Å². The first-order valence-corrected chi connectivity index (χ1v) is 6.21. The van der Waals surface area contributed by atoms with Gasteiger partial charge in [0.1, 0.15) is 0 Å². The highest BCUT2D eigenvalue weighted by atomic mass is 14.1. The van der Waals surface area contributed by atoms with Crippen molar-refractivity contribution in [2.45, 2.75) is 40.0 Å². The highest BCUT2D eigenvalue weighted by molar-refractivity contribution is 5.88. The minimum atomic E-state index is 1.21. The molecule has 0 atom stereocenters. The summed E-state index contributed by atoms with van der Waals surface area (Å²) < 4.78 is 0. The van der Waals surface area contributed by atoms with Crippen LogP contribution in [-0.4, -0.2) is 0 Å². The predicted molar refractivity (Wildman–Crippen MR) is 72.0 cm³/mol. The maximum atomic E-state index is 2.37. The molecule has 2 aromatic carbocycles. The summed E-state index contributed by atoms with van der Waals surface area (Å²) >= 11 is 0. The molecule has 0 spiro atoms. The summed E-state index contributed by atoms with van der Waals surface area (Å²) in [5.74, 6) is 0. The van der Waals surface area contributed by atoms with Crippen LogP contribution >= 0.6 is 0 Å². The topological polar surface area (TPSA) is 0 Å². The van der Waals surface area contributed by atoms with Gasteiger partial charge in [0.2, 0.25) is 0 Å². The summed E-state index contributed by atoms with van der Waals surface area (Å²) in [5.41, 5.74) is 4.24. The molecule has 0 unspecified atom stereocenters. The summed E-state index contributed by atoms with van der Waals surface area (Å²) in [7, 11) is 0. The summed E-state index contributed by atoms with van der Waals surface area (Å²) in [5, 5.41) is 2.83. The van der Waals surface area contributed by atoms with E-state index in [1.807, 2.05) is 0 Å². The van der Waals surface area contributed by atoms with Crippen molar-refractivity contribution < 1.29 is 0 Å². The third kappa shape index (κ3) is 2.11. The summed E-state index contributed by atoms with van der Waals surface area (Å²) in [6.07, 6.45) is 3.76. The average Bonchev–Trinajstić information content (AvgIpc) is 2.31. The van der Waals surface area contributed by atoms with Crippen LogP contribution in [-0.2, 0) is 6.42 Å². The maximum Gasteiger partial charge on any atom is -0.0149 e. The standard InChI is InChI=1S/C16H20/c1-4-5-6-14-9-10-15-12(2)7-8-13(3)16(15)11-14/h7-11H,4-6H2,1-3H3. The zero-order valence-electron chi connectivity index (χ0n) is 10.5. The largest absolute Gasteiger partial charge is 0.0654 e. The van der Waals surface area contributed by atoms with Crippen LogP contribution in [0.4, 0.5) is 0 Å². The van der Waals surface area contributed by atoms with E-state index < -0.39 is 0 Å². The van der Waals surface area contributed by atoms with E-state index in [9.17, 15) is 0 Å². The van der Waals surface area contributed by atoms with Crippen LogP contribution in [0.3, 0.4) is 0 Å². The molecule has 0 bridgehead atoms. The molecule has 0 aromatic heterocycles. The SMILES string of the molecule is CCCCc1ccc2c(C)ccc(C)c2c1. The van der Waals surface area contributed by atoms with E-state index >= 15 is 0 Å². The third-order valence-electron chi connectivity index (χ3n) is 3.34. The van der Waals surface area contributed by atoms with Gasteiger partial charge in [-0.3, -0.25) is 0 Å². The highest BCUT2D eigenvalue weighted by Gasteiger charge is 2.01. The molecule has 0 amide bonds. The van der Waals surface area contributed by atoms with Crippen LogP contribution in [0.15, 0.2) is 30.3 Å². The molecule has 16 heavy (non-hydrogen) atoms. The van der Waals surface area contributed by atoms with Gasteiger partial charge in [0.05, 0.1) is 0 Å². The first-order valence-electron chi connectivity index (χ1n) is 6.21. The number of aryl methyl sites for hydroxylation is 3. The van der Waals surface area contributed by atoms with Crippen molar-refractivity contribution in [3.63, 3.8) is 0 Å². The van der Waals surface area contributed by atoms with E-state index in [0.717, 1.165) is 0 Å². The second kappa shape index (κ2) is 4.69. The fourth-order valence-electron chi connectivity index (χ4n) is 2.23. The molecule has 84 valence electrons. The van der Waals surface area contributed by atoms with Crippen molar-refractivity contribution in [1.82, 2.24) is 0 Å². The Bertz CT molecular complexity index is 495. The zero-order chi connectivity index (χ0) is 11.5. The Morgan fingerprint density at radius 2 is 1.56 bits per heavy atom. The van der Waals surface area contributed by atoms with Gasteiger partial charge >= 0.3 is 0 Å². The molecule has 0 nitrogen and oxygen atoms in total. The molecule has 0 aliphatic carbocycles. The quantitative estimate of drug-likeness (QED) is 0.685. The molecular weight excluding hydrogens is 192 g/mol. The minimum Gasteiger partial charge on any atom is -0.0654 e. The Morgan fingerprint density at radius 3 is 2.25 bits per heavy atom. The molecule has 2 aromatic rings. The fourth-order valence-corrected chi connectivity index (χ4v) is 2.23. The molecule has 0 heteroatoms. The van der Waals surface area contributed by atoms with Gasteiger partial charge in [-0.15, -0.1) is 0 Å². The van der Waals surface area contributed by atoms with Crippen molar-refractivity contribution in [3.05, 3.63) is 47.0 Å². The molecule has 2 rings (SSSR count). The normalized spacial score (nSPS) is 10.9. The molecule has 0 aliphatic rings. The van der Waals surface area contributed by atoms with E-state index in [0.29, 0.717) is 0 Å². The van der Waals surface area contributed by atoms with E-state index in [1.165, 1.54) is 46.7 Å². The van der Waals surface area contributed by atoms with Gasteiger partial charge in [-0.1, -0.05) is 43.7 Å². The summed E-state index contributed by atoms with van der Waals surface area (Å²) in [4.78, 5) is 0. The molecule has 0 N–H and O–H groups in total. The highest BCUT2D eigenvalue weighted by Crippen LogP contribution is 2.23. The molecule has 0 aliphatic heterocycles. The van der Waals surface area contributed by atoms with Gasteiger partial charge in [-0.25, -0.2) is 0 Å². The first kappa shape index (κ1) is 11.2. The first-order chi connectivity index (χ1) is 7.72. The number of hydrogen-bond donors (Lipinski definition) is 0. The van der Waals surface area contributed by atoms with Crippen LogP contribution in [0, 0.1) is 13.8 Å². The monoisotopic (exact) mass is 212 g/mol. The van der Waals surface area contributed by atoms with Crippen molar-refractivity contribution in [3.8, 4) is 0 Å². The molecule has 0 fully saturated rings. The lowest BCUT2D eigenvalue weighted by molar-refractivity contribution is 0.796. The lowest BCUT2D eigenvalue weighted by atomic mass is 9.97. The van der Waals surface area contributed by atoms with Gasteiger partial charge in [0.25, 0.3) is 0 Å². The van der Waals surface area contributed by atoms with Crippen LogP contribution in [0.25, 0.3) is 10.8 Å². The number of unbranched alkanes of at least 4 members (excludes halogenated alkanes) is 1. The van der Waals surface area contributed by atoms with Gasteiger partial charge in [0.15, 0.2) is 0 Å². The zero-order valence-corrected chi connectivity index (χ0v) is 10.5. The second-order valence-electron chi connectivity index (χ2n) is 4.68. The van der Waals surface area contributed by atoms with E-state index in [2.05, 4.69) is 51.1 Å². The average molecular weight is 212 g/mol. The van der Waals surface area contributed by atoms with Crippen LogP contribution in [0.5, 0.6) is 0 Å². The van der Waals surface area contributed by atoms with Crippen molar-refractivity contribution >= 4 is 10.8 Å². The minimum absolute atomic E-state index is 1.21. The molecule has 0 radical (unpaired) electrons. The molecule has 0 heterocycles. The molecular formula is C16H20. The van der Waals surface area contributed by atoms with Crippen molar-refractivity contribution in [2.24, 2.45) is 0 Å². The summed E-state index contributed by atoms with van der Waals surface area (Å²) in [6, 6.07) is 11.4. The number of rotatable bonds is 3. The number of hydrogen-bond acceptors (Lipinski definition) is 0. The van der Waals surface area contributed by atoms with Crippen LogP contribution in [0.2, 0.25) is 0 Å². The van der Waals surface area contributed by atoms with Gasteiger partial charge < -0.3 is 0 Å². The third-order valence-corrected chi connectivity index (χ3v) is 3.34. The number of fused-ring (bicyclic) bond motifs is 1. The van der Waals surface area contributed by atoms with Gasteiger partial charge in [-0.05, 0) is 54.2 Å². The van der Waals surface area contributed by atoms with Crippen molar-refractivity contribution in [1.29, 1.82) is 0 Å².